The molecule has 0 bridgehead atoms. The number of hydrogen-bond acceptors (Lipinski definition) is 2. The predicted octanol–water partition coefficient (Wildman–Crippen LogP) is 2.47. The van der Waals surface area contributed by atoms with Crippen LogP contribution in [0.5, 0.6) is 0 Å². The van der Waals surface area contributed by atoms with Gasteiger partial charge in [-0.2, -0.15) is 0 Å². The molecule has 0 spiro atoms. The van der Waals surface area contributed by atoms with Crippen molar-refractivity contribution in [1.82, 2.24) is 10.2 Å². The van der Waals surface area contributed by atoms with Crippen molar-refractivity contribution in [3.63, 3.8) is 0 Å². The van der Waals surface area contributed by atoms with Gasteiger partial charge in [-0.15, -0.1) is 0 Å². The third-order valence-electron chi connectivity index (χ3n) is 3.50. The van der Waals surface area contributed by atoms with Crippen molar-refractivity contribution in [2.24, 2.45) is 0 Å². The molecule has 1 amide bonds. The molecule has 0 radical (unpaired) electrons. The van der Waals surface area contributed by atoms with Crippen LogP contribution in [-0.2, 0) is 0 Å². The van der Waals surface area contributed by atoms with Crippen LogP contribution in [0.1, 0.15) is 29.3 Å². The average molecular weight is 267 g/mol. The molecule has 0 saturated carbocycles. The molecule has 0 aliphatic carbocycles. The molecule has 1 heterocycles. The first-order chi connectivity index (χ1) is 8.63. The van der Waals surface area contributed by atoms with E-state index in [4.69, 9.17) is 11.6 Å². The number of carbonyl (C=O) groups excluding carboxylic acids is 1. The van der Waals surface area contributed by atoms with Gasteiger partial charge in [0.05, 0.1) is 0 Å². The van der Waals surface area contributed by atoms with Crippen molar-refractivity contribution >= 4 is 17.5 Å². The Balaban J connectivity index is 2.19. The normalized spacial score (nSPS) is 18.9. The second-order valence-corrected chi connectivity index (χ2v) is 5.11. The van der Waals surface area contributed by atoms with Crippen molar-refractivity contribution < 1.29 is 4.79 Å². The van der Waals surface area contributed by atoms with Gasteiger partial charge in [-0.05, 0) is 44.5 Å². The van der Waals surface area contributed by atoms with Crippen molar-refractivity contribution in [3.8, 4) is 0 Å². The van der Waals surface area contributed by atoms with E-state index in [1.54, 1.807) is 6.07 Å². The lowest BCUT2D eigenvalue weighted by Gasteiger charge is -2.27. The number of nitrogens with zero attached hydrogens (tertiary/aromatic N) is 1. The van der Waals surface area contributed by atoms with Crippen molar-refractivity contribution in [1.29, 1.82) is 0 Å². The molecule has 1 aromatic rings. The maximum Gasteiger partial charge on any atom is 0.254 e. The summed E-state index contributed by atoms with van der Waals surface area (Å²) < 4.78 is 0. The molecular weight excluding hydrogens is 248 g/mol. The lowest BCUT2D eigenvalue weighted by atomic mass is 10.1. The standard InChI is InChI=1S/C14H19ClN2O/c1-3-17(12-6-7-16-9-12)14(18)11-5-4-10(2)13(15)8-11/h4-5,8,12,16H,3,6-7,9H2,1-2H3. The van der Waals surface area contributed by atoms with E-state index in [2.05, 4.69) is 5.32 Å². The molecule has 4 heteroatoms. The number of amides is 1. The van der Waals surface area contributed by atoms with E-state index in [1.807, 2.05) is 30.9 Å². The molecule has 98 valence electrons. The Kier molecular flexibility index (Phi) is 4.25. The highest BCUT2D eigenvalue weighted by Gasteiger charge is 2.26. The number of likely N-dealkylation sites (N-methyl/N-ethyl adjacent to an activating group) is 1. The van der Waals surface area contributed by atoms with Crippen LogP contribution in [0.15, 0.2) is 18.2 Å². The summed E-state index contributed by atoms with van der Waals surface area (Å²) in [6.45, 7) is 6.57. The summed E-state index contributed by atoms with van der Waals surface area (Å²) in [6, 6.07) is 5.83. The third kappa shape index (κ3) is 2.68. The van der Waals surface area contributed by atoms with Crippen LogP contribution in [-0.4, -0.2) is 36.5 Å². The topological polar surface area (TPSA) is 32.3 Å². The first-order valence-corrected chi connectivity index (χ1v) is 6.79. The maximum atomic E-state index is 12.5. The average Bonchev–Trinajstić information content (AvgIpc) is 2.87. The Hall–Kier alpha value is -1.06. The highest BCUT2D eigenvalue weighted by molar-refractivity contribution is 6.31. The SMILES string of the molecule is CCN(C(=O)c1ccc(C)c(Cl)c1)C1CCNC1. The molecule has 1 aromatic carbocycles. The molecule has 1 aliphatic heterocycles. The number of nitrogens with one attached hydrogen (secondary N) is 1. The van der Waals surface area contributed by atoms with Gasteiger partial charge in [-0.25, -0.2) is 0 Å². The van der Waals surface area contributed by atoms with Crippen LogP contribution in [0.2, 0.25) is 5.02 Å². The van der Waals surface area contributed by atoms with Crippen LogP contribution in [0.3, 0.4) is 0 Å². The van der Waals surface area contributed by atoms with Crippen molar-refractivity contribution in [2.45, 2.75) is 26.3 Å². The van der Waals surface area contributed by atoms with Crippen molar-refractivity contribution in [3.05, 3.63) is 34.3 Å². The summed E-state index contributed by atoms with van der Waals surface area (Å²) in [4.78, 5) is 14.4. The van der Waals surface area contributed by atoms with E-state index < -0.39 is 0 Å². The molecule has 1 unspecified atom stereocenters. The number of carbonyl (C=O) groups is 1. The molecule has 1 fully saturated rings. The minimum Gasteiger partial charge on any atom is -0.335 e. The fourth-order valence-electron chi connectivity index (χ4n) is 2.36. The molecule has 1 aliphatic rings. The van der Waals surface area contributed by atoms with E-state index in [0.717, 1.165) is 31.6 Å². The smallest absolute Gasteiger partial charge is 0.254 e. The highest BCUT2D eigenvalue weighted by atomic mass is 35.5. The number of halogens is 1. The highest BCUT2D eigenvalue weighted by Crippen LogP contribution is 2.19. The lowest BCUT2D eigenvalue weighted by molar-refractivity contribution is 0.0704. The van der Waals surface area contributed by atoms with E-state index in [1.165, 1.54) is 0 Å². The summed E-state index contributed by atoms with van der Waals surface area (Å²) in [5.74, 6) is 0.0769. The minimum absolute atomic E-state index is 0.0769. The third-order valence-corrected chi connectivity index (χ3v) is 3.90. The van der Waals surface area contributed by atoms with Crippen LogP contribution >= 0.6 is 11.6 Å². The molecule has 0 aromatic heterocycles. The Bertz CT molecular complexity index is 441. The van der Waals surface area contributed by atoms with Gasteiger partial charge in [0.15, 0.2) is 0 Å². The molecule has 18 heavy (non-hydrogen) atoms. The lowest BCUT2D eigenvalue weighted by Crippen LogP contribution is -2.41. The Morgan fingerprint density at radius 3 is 2.89 bits per heavy atom. The summed E-state index contributed by atoms with van der Waals surface area (Å²) in [7, 11) is 0. The summed E-state index contributed by atoms with van der Waals surface area (Å²) in [5.41, 5.74) is 1.68. The molecule has 1 atom stereocenters. The second kappa shape index (κ2) is 5.72. The zero-order valence-corrected chi connectivity index (χ0v) is 11.6. The first-order valence-electron chi connectivity index (χ1n) is 6.41. The van der Waals surface area contributed by atoms with Gasteiger partial charge < -0.3 is 10.2 Å². The number of aryl methyl sites for hydroxylation is 1. The predicted molar refractivity (Wildman–Crippen MR) is 74.2 cm³/mol. The van der Waals surface area contributed by atoms with Crippen LogP contribution in [0.25, 0.3) is 0 Å². The number of benzene rings is 1. The Morgan fingerprint density at radius 2 is 2.33 bits per heavy atom. The van der Waals surface area contributed by atoms with Crippen LogP contribution in [0, 0.1) is 6.92 Å². The fourth-order valence-corrected chi connectivity index (χ4v) is 2.55. The van der Waals surface area contributed by atoms with E-state index in [0.29, 0.717) is 16.6 Å². The zero-order chi connectivity index (χ0) is 13.1. The zero-order valence-electron chi connectivity index (χ0n) is 10.9. The van der Waals surface area contributed by atoms with Gasteiger partial charge in [0.2, 0.25) is 0 Å². The van der Waals surface area contributed by atoms with Gasteiger partial charge in [0, 0.05) is 29.7 Å². The molecule has 1 N–H and O–H groups in total. The largest absolute Gasteiger partial charge is 0.335 e. The summed E-state index contributed by atoms with van der Waals surface area (Å²) >= 11 is 6.08. The van der Waals surface area contributed by atoms with Crippen LogP contribution in [0.4, 0.5) is 0 Å². The first kappa shape index (κ1) is 13.4. The Labute approximate surface area is 113 Å². The summed E-state index contributed by atoms with van der Waals surface area (Å²) in [6.07, 6.45) is 1.03. The fraction of sp³-hybridized carbons (Fsp3) is 0.500. The number of hydrogen-bond donors (Lipinski definition) is 1. The van der Waals surface area contributed by atoms with E-state index >= 15 is 0 Å². The van der Waals surface area contributed by atoms with Gasteiger partial charge >= 0.3 is 0 Å². The summed E-state index contributed by atoms with van der Waals surface area (Å²) in [5, 5.41) is 3.95. The molecule has 3 nitrogen and oxygen atoms in total. The monoisotopic (exact) mass is 266 g/mol. The minimum atomic E-state index is 0.0769. The van der Waals surface area contributed by atoms with Gasteiger partial charge in [0.1, 0.15) is 0 Å². The van der Waals surface area contributed by atoms with Gasteiger partial charge in [-0.1, -0.05) is 17.7 Å². The van der Waals surface area contributed by atoms with Gasteiger partial charge in [0.25, 0.3) is 5.91 Å². The molecule has 1 saturated heterocycles. The van der Waals surface area contributed by atoms with E-state index in [9.17, 15) is 4.79 Å². The second-order valence-electron chi connectivity index (χ2n) is 4.70. The Morgan fingerprint density at radius 1 is 1.56 bits per heavy atom. The maximum absolute atomic E-state index is 12.5. The van der Waals surface area contributed by atoms with E-state index in [-0.39, 0.29) is 5.91 Å². The van der Waals surface area contributed by atoms with Crippen molar-refractivity contribution in [2.75, 3.05) is 19.6 Å². The number of rotatable bonds is 3. The van der Waals surface area contributed by atoms with Gasteiger partial charge in [-0.3, -0.25) is 4.79 Å². The van der Waals surface area contributed by atoms with Crippen LogP contribution < -0.4 is 5.32 Å². The quantitative estimate of drug-likeness (QED) is 0.912. The molecular formula is C14H19ClN2O. The molecule has 2 rings (SSSR count).